The molecular weight excluding hydrogens is 421 g/mol. The largest absolute Gasteiger partial charge is 0.340 e. The van der Waals surface area contributed by atoms with Crippen molar-refractivity contribution >= 4 is 27.5 Å². The van der Waals surface area contributed by atoms with Crippen LogP contribution in [0.3, 0.4) is 0 Å². The highest BCUT2D eigenvalue weighted by molar-refractivity contribution is 7.91. The lowest BCUT2D eigenvalue weighted by Gasteiger charge is -2.24. The number of carbonyl (C=O) groups excluding carboxylic acids is 2. The van der Waals surface area contributed by atoms with Crippen molar-refractivity contribution in [3.8, 4) is 0 Å². The van der Waals surface area contributed by atoms with Crippen LogP contribution in [0.2, 0.25) is 0 Å². The van der Waals surface area contributed by atoms with Crippen LogP contribution in [0.5, 0.6) is 0 Å². The molecule has 0 spiro atoms. The van der Waals surface area contributed by atoms with Gasteiger partial charge >= 0.3 is 6.03 Å². The molecule has 7 nitrogen and oxygen atoms in total. The predicted octanol–water partition coefficient (Wildman–Crippen LogP) is 2.46. The highest BCUT2D eigenvalue weighted by Crippen LogP contribution is 2.29. The molecule has 2 heterocycles. The monoisotopic (exact) mass is 445 g/mol. The van der Waals surface area contributed by atoms with Gasteiger partial charge in [-0.3, -0.25) is 9.69 Å². The minimum atomic E-state index is -3.39. The highest BCUT2D eigenvalue weighted by atomic mass is 32.2. The first-order valence-corrected chi connectivity index (χ1v) is 11.9. The summed E-state index contributed by atoms with van der Waals surface area (Å²) in [7, 11) is -3.39. The summed E-state index contributed by atoms with van der Waals surface area (Å²) in [6, 6.07) is 14.6. The van der Waals surface area contributed by atoms with Gasteiger partial charge in [0.05, 0.1) is 16.7 Å². The molecule has 2 aliphatic heterocycles. The predicted molar refractivity (Wildman–Crippen MR) is 115 cm³/mol. The summed E-state index contributed by atoms with van der Waals surface area (Å²) in [6.45, 7) is 0.843. The fraction of sp³-hybridized carbons (Fsp3) is 0.364. The molecule has 2 aromatic carbocycles. The SMILES string of the molecule is O=C(CN1CCN(c2ccccc2F)C1=O)N1CCC(c2ccccc2)S(=O)(=O)CC1. The van der Waals surface area contributed by atoms with E-state index in [1.54, 1.807) is 36.4 Å². The standard InChI is InChI=1S/C22H24FN3O4S/c23-18-8-4-5-9-19(18)26-13-12-25(22(26)28)16-21(27)24-11-10-20(31(29,30)15-14-24)17-6-2-1-3-7-17/h1-9,20H,10-16H2. The van der Waals surface area contributed by atoms with Gasteiger partial charge in [-0.1, -0.05) is 42.5 Å². The molecule has 0 radical (unpaired) electrons. The first-order valence-electron chi connectivity index (χ1n) is 10.2. The van der Waals surface area contributed by atoms with Gasteiger partial charge in [0.25, 0.3) is 0 Å². The van der Waals surface area contributed by atoms with Gasteiger partial charge in [0.15, 0.2) is 9.84 Å². The number of carbonyl (C=O) groups is 2. The van der Waals surface area contributed by atoms with Crippen LogP contribution >= 0.6 is 0 Å². The van der Waals surface area contributed by atoms with Crippen LogP contribution in [-0.4, -0.2) is 68.6 Å². The van der Waals surface area contributed by atoms with Gasteiger partial charge in [-0.15, -0.1) is 0 Å². The Morgan fingerprint density at radius 2 is 1.68 bits per heavy atom. The van der Waals surface area contributed by atoms with E-state index in [-0.39, 0.29) is 37.0 Å². The van der Waals surface area contributed by atoms with Gasteiger partial charge in [0.2, 0.25) is 5.91 Å². The van der Waals surface area contributed by atoms with Crippen LogP contribution in [0.4, 0.5) is 14.9 Å². The molecule has 2 aliphatic rings. The Kier molecular flexibility index (Phi) is 5.95. The van der Waals surface area contributed by atoms with Crippen molar-refractivity contribution in [2.24, 2.45) is 0 Å². The summed E-state index contributed by atoms with van der Waals surface area (Å²) >= 11 is 0. The van der Waals surface area contributed by atoms with E-state index in [1.807, 2.05) is 6.07 Å². The van der Waals surface area contributed by atoms with E-state index >= 15 is 0 Å². The Hall–Kier alpha value is -2.94. The molecule has 31 heavy (non-hydrogen) atoms. The Balaban J connectivity index is 1.41. The van der Waals surface area contributed by atoms with Gasteiger partial charge in [-0.2, -0.15) is 0 Å². The lowest BCUT2D eigenvalue weighted by atomic mass is 10.1. The molecule has 2 fully saturated rings. The van der Waals surface area contributed by atoms with Crippen LogP contribution in [-0.2, 0) is 14.6 Å². The van der Waals surface area contributed by atoms with Gasteiger partial charge in [-0.05, 0) is 24.1 Å². The Labute approximate surface area is 181 Å². The molecule has 4 rings (SSSR count). The van der Waals surface area contributed by atoms with Crippen molar-refractivity contribution in [2.75, 3.05) is 43.4 Å². The molecule has 0 N–H and O–H groups in total. The topological polar surface area (TPSA) is 78.0 Å². The number of amides is 3. The molecule has 0 aliphatic carbocycles. The van der Waals surface area contributed by atoms with Crippen molar-refractivity contribution in [2.45, 2.75) is 11.7 Å². The maximum Gasteiger partial charge on any atom is 0.325 e. The summed E-state index contributed by atoms with van der Waals surface area (Å²) in [5, 5.41) is -0.642. The zero-order valence-electron chi connectivity index (χ0n) is 17.0. The van der Waals surface area contributed by atoms with Gasteiger partial charge < -0.3 is 9.80 Å². The van der Waals surface area contributed by atoms with Crippen LogP contribution in [0.25, 0.3) is 0 Å². The molecule has 1 atom stereocenters. The van der Waals surface area contributed by atoms with E-state index in [0.29, 0.717) is 19.5 Å². The van der Waals surface area contributed by atoms with Crippen LogP contribution < -0.4 is 4.90 Å². The Morgan fingerprint density at radius 3 is 2.42 bits per heavy atom. The average molecular weight is 446 g/mol. The number of anilines is 1. The molecule has 164 valence electrons. The van der Waals surface area contributed by atoms with E-state index in [0.717, 1.165) is 5.56 Å². The molecule has 0 saturated carbocycles. The first-order chi connectivity index (χ1) is 14.9. The molecule has 0 aromatic heterocycles. The minimum Gasteiger partial charge on any atom is -0.340 e. The van der Waals surface area contributed by atoms with Crippen molar-refractivity contribution in [1.82, 2.24) is 9.80 Å². The fourth-order valence-corrected chi connectivity index (χ4v) is 5.92. The van der Waals surface area contributed by atoms with E-state index < -0.39 is 26.9 Å². The average Bonchev–Trinajstić information content (AvgIpc) is 3.01. The van der Waals surface area contributed by atoms with Gasteiger partial charge in [-0.25, -0.2) is 17.6 Å². The third kappa shape index (κ3) is 4.41. The maximum atomic E-state index is 14.0. The number of nitrogens with zero attached hydrogens (tertiary/aromatic N) is 3. The van der Waals surface area contributed by atoms with Gasteiger partial charge in [0.1, 0.15) is 12.4 Å². The van der Waals surface area contributed by atoms with Crippen molar-refractivity contribution in [3.05, 3.63) is 66.0 Å². The number of sulfone groups is 1. The zero-order valence-corrected chi connectivity index (χ0v) is 17.8. The van der Waals surface area contributed by atoms with Crippen LogP contribution in [0.15, 0.2) is 54.6 Å². The third-order valence-electron chi connectivity index (χ3n) is 5.83. The number of rotatable bonds is 4. The van der Waals surface area contributed by atoms with Crippen LogP contribution in [0.1, 0.15) is 17.2 Å². The Morgan fingerprint density at radius 1 is 0.968 bits per heavy atom. The molecule has 0 bridgehead atoms. The minimum absolute atomic E-state index is 0.101. The molecule has 2 aromatic rings. The lowest BCUT2D eigenvalue weighted by Crippen LogP contribution is -2.43. The second-order valence-corrected chi connectivity index (χ2v) is 10.0. The van der Waals surface area contributed by atoms with E-state index in [9.17, 15) is 22.4 Å². The Bertz CT molecular complexity index is 1080. The molecule has 1 unspecified atom stereocenters. The summed E-state index contributed by atoms with van der Waals surface area (Å²) in [4.78, 5) is 29.8. The summed E-state index contributed by atoms with van der Waals surface area (Å²) < 4.78 is 39.6. The van der Waals surface area contributed by atoms with Crippen molar-refractivity contribution < 1.29 is 22.4 Å². The first kappa shape index (κ1) is 21.3. The highest BCUT2D eigenvalue weighted by Gasteiger charge is 2.36. The summed E-state index contributed by atoms with van der Waals surface area (Å²) in [5.41, 5.74) is 0.918. The fourth-order valence-electron chi connectivity index (χ4n) is 4.12. The number of halogens is 1. The molecule has 2 saturated heterocycles. The third-order valence-corrected chi connectivity index (χ3v) is 7.96. The molecule has 9 heteroatoms. The van der Waals surface area contributed by atoms with E-state index in [2.05, 4.69) is 0 Å². The van der Waals surface area contributed by atoms with E-state index in [4.69, 9.17) is 0 Å². The number of hydrogen-bond acceptors (Lipinski definition) is 4. The normalized spacial score (nSPS) is 21.3. The second kappa shape index (κ2) is 8.66. The number of hydrogen-bond donors (Lipinski definition) is 0. The quantitative estimate of drug-likeness (QED) is 0.724. The summed E-state index contributed by atoms with van der Waals surface area (Å²) in [5.74, 6) is -0.908. The number of benzene rings is 2. The number of urea groups is 1. The van der Waals surface area contributed by atoms with Crippen LogP contribution in [0, 0.1) is 5.82 Å². The van der Waals surface area contributed by atoms with Crippen molar-refractivity contribution in [3.63, 3.8) is 0 Å². The number of para-hydroxylation sites is 1. The zero-order chi connectivity index (χ0) is 22.0. The maximum absolute atomic E-state index is 14.0. The second-order valence-electron chi connectivity index (χ2n) is 7.74. The van der Waals surface area contributed by atoms with Gasteiger partial charge in [0, 0.05) is 26.2 Å². The molecular formula is C22H24FN3O4S. The lowest BCUT2D eigenvalue weighted by molar-refractivity contribution is -0.131. The van der Waals surface area contributed by atoms with E-state index in [1.165, 1.54) is 26.8 Å². The summed E-state index contributed by atoms with van der Waals surface area (Å²) in [6.07, 6.45) is 0.313. The van der Waals surface area contributed by atoms with Crippen molar-refractivity contribution in [1.29, 1.82) is 0 Å². The smallest absolute Gasteiger partial charge is 0.325 e. The molecule has 3 amide bonds.